The van der Waals surface area contributed by atoms with Gasteiger partial charge in [-0.3, -0.25) is 4.99 Å². The summed E-state index contributed by atoms with van der Waals surface area (Å²) in [5.74, 6) is 1.68. The fraction of sp³-hybridized carbons (Fsp3) is 0.500. The van der Waals surface area contributed by atoms with Crippen LogP contribution in [0.25, 0.3) is 0 Å². The molecule has 0 atom stereocenters. The summed E-state index contributed by atoms with van der Waals surface area (Å²) >= 11 is 1.65. The molecule has 0 saturated heterocycles. The lowest BCUT2D eigenvalue weighted by atomic mass is 10.4. The molecule has 0 fully saturated rings. The number of imidazole rings is 1. The highest BCUT2D eigenvalue weighted by atomic mass is 127. The summed E-state index contributed by atoms with van der Waals surface area (Å²) in [7, 11) is 7.73. The average molecular weight is 449 g/mol. The van der Waals surface area contributed by atoms with Crippen molar-refractivity contribution in [1.82, 2.24) is 25.2 Å². The molecule has 128 valence electrons. The molecular weight excluding hydrogens is 425 g/mol. The van der Waals surface area contributed by atoms with E-state index in [4.69, 9.17) is 0 Å². The van der Waals surface area contributed by atoms with Crippen LogP contribution in [0, 0.1) is 6.92 Å². The summed E-state index contributed by atoms with van der Waals surface area (Å²) in [5, 5.41) is 9.66. The Hall–Kier alpha value is -1.36. The third kappa shape index (κ3) is 5.34. The number of hydrogen-bond donors (Lipinski definition) is 2. The molecule has 2 N–H and O–H groups in total. The number of guanidine groups is 1. The van der Waals surface area contributed by atoms with E-state index < -0.39 is 0 Å². The van der Waals surface area contributed by atoms with E-state index in [1.807, 2.05) is 44.5 Å². The van der Waals surface area contributed by atoms with Gasteiger partial charge in [-0.05, 0) is 6.92 Å². The van der Waals surface area contributed by atoms with Gasteiger partial charge in [0, 0.05) is 39.3 Å². The maximum atomic E-state index is 4.43. The summed E-state index contributed by atoms with van der Waals surface area (Å²) in [6, 6.07) is 0. The molecule has 0 radical (unpaired) electrons. The zero-order valence-electron chi connectivity index (χ0n) is 14.1. The topological polar surface area (TPSA) is 70.4 Å². The zero-order valence-corrected chi connectivity index (χ0v) is 17.3. The normalized spacial score (nSPS) is 11.1. The number of thiazole rings is 1. The molecule has 0 aliphatic carbocycles. The first-order valence-electron chi connectivity index (χ1n) is 7.04. The second-order valence-corrected chi connectivity index (χ2v) is 6.11. The Morgan fingerprint density at radius 3 is 2.57 bits per heavy atom. The molecule has 23 heavy (non-hydrogen) atoms. The lowest BCUT2D eigenvalue weighted by molar-refractivity contribution is 0.742. The largest absolute Gasteiger partial charge is 0.351 e. The molecule has 2 rings (SSSR count). The molecule has 2 aromatic heterocycles. The van der Waals surface area contributed by atoms with E-state index in [0.717, 1.165) is 28.3 Å². The van der Waals surface area contributed by atoms with Crippen LogP contribution in [-0.4, -0.2) is 41.6 Å². The lowest BCUT2D eigenvalue weighted by Gasteiger charge is -2.14. The Balaban J connectivity index is 0.00000264. The quantitative estimate of drug-likeness (QED) is 0.414. The Labute approximate surface area is 158 Å². The SMILES string of the molecule is CN=C(NCc1nc(C)cs1)NCc1cnc(N(C)C)n1C.I. The van der Waals surface area contributed by atoms with Gasteiger partial charge in [0.1, 0.15) is 5.01 Å². The average Bonchev–Trinajstić information content (AvgIpc) is 3.05. The number of nitrogens with one attached hydrogen (secondary N) is 2. The Morgan fingerprint density at radius 1 is 1.35 bits per heavy atom. The highest BCUT2D eigenvalue weighted by Gasteiger charge is 2.08. The van der Waals surface area contributed by atoms with Gasteiger partial charge >= 0.3 is 0 Å². The van der Waals surface area contributed by atoms with E-state index in [9.17, 15) is 0 Å². The van der Waals surface area contributed by atoms with Gasteiger partial charge in [-0.2, -0.15) is 0 Å². The van der Waals surface area contributed by atoms with Gasteiger partial charge in [0.25, 0.3) is 0 Å². The standard InChI is InChI=1S/C14H23N7S.HI/c1-10-9-22-12(19-10)8-17-13(15-2)16-6-11-7-18-14(20(3)4)21(11)5;/h7,9H,6,8H2,1-5H3,(H2,15,16,17);1H. The minimum atomic E-state index is 0. The summed E-state index contributed by atoms with van der Waals surface area (Å²) in [6.07, 6.45) is 1.87. The van der Waals surface area contributed by atoms with Crippen LogP contribution in [0.2, 0.25) is 0 Å². The van der Waals surface area contributed by atoms with Crippen LogP contribution in [0.15, 0.2) is 16.6 Å². The summed E-state index contributed by atoms with van der Waals surface area (Å²) in [4.78, 5) is 15.0. The van der Waals surface area contributed by atoms with E-state index >= 15 is 0 Å². The fourth-order valence-electron chi connectivity index (χ4n) is 2.05. The molecule has 0 bridgehead atoms. The Kier molecular flexibility index (Phi) is 7.76. The lowest BCUT2D eigenvalue weighted by Crippen LogP contribution is -2.36. The number of hydrogen-bond acceptors (Lipinski definition) is 5. The zero-order chi connectivity index (χ0) is 16.1. The van der Waals surface area contributed by atoms with Crippen molar-refractivity contribution in [1.29, 1.82) is 0 Å². The van der Waals surface area contributed by atoms with E-state index in [-0.39, 0.29) is 24.0 Å². The van der Waals surface area contributed by atoms with Crippen LogP contribution in [0.5, 0.6) is 0 Å². The first-order chi connectivity index (χ1) is 10.5. The van der Waals surface area contributed by atoms with Crippen molar-refractivity contribution >= 4 is 47.2 Å². The van der Waals surface area contributed by atoms with Crippen LogP contribution in [0.3, 0.4) is 0 Å². The highest BCUT2D eigenvalue weighted by Crippen LogP contribution is 2.10. The minimum absolute atomic E-state index is 0. The molecule has 0 spiro atoms. The maximum absolute atomic E-state index is 4.43. The molecule has 0 aliphatic heterocycles. The molecule has 2 heterocycles. The van der Waals surface area contributed by atoms with Gasteiger partial charge in [0.2, 0.25) is 5.95 Å². The molecule has 0 aliphatic rings. The molecule has 0 aromatic carbocycles. The van der Waals surface area contributed by atoms with Crippen LogP contribution in [-0.2, 0) is 20.1 Å². The van der Waals surface area contributed by atoms with Crippen molar-refractivity contribution in [3.05, 3.63) is 28.0 Å². The fourth-order valence-corrected chi connectivity index (χ4v) is 2.76. The van der Waals surface area contributed by atoms with Gasteiger partial charge in [-0.1, -0.05) is 0 Å². The predicted molar refractivity (Wildman–Crippen MR) is 107 cm³/mol. The number of aromatic nitrogens is 3. The van der Waals surface area contributed by atoms with Crippen molar-refractivity contribution < 1.29 is 0 Å². The van der Waals surface area contributed by atoms with E-state index in [0.29, 0.717) is 13.1 Å². The summed E-state index contributed by atoms with van der Waals surface area (Å²) < 4.78 is 2.06. The number of anilines is 1. The van der Waals surface area contributed by atoms with E-state index in [1.165, 1.54) is 0 Å². The third-order valence-electron chi connectivity index (χ3n) is 3.19. The van der Waals surface area contributed by atoms with Gasteiger partial charge in [0.15, 0.2) is 5.96 Å². The summed E-state index contributed by atoms with van der Waals surface area (Å²) in [5.41, 5.74) is 2.15. The number of aliphatic imine (C=N–C) groups is 1. The molecule has 9 heteroatoms. The molecular formula is C14H24IN7S. The van der Waals surface area contributed by atoms with E-state index in [2.05, 4.69) is 30.2 Å². The van der Waals surface area contributed by atoms with Crippen LogP contribution in [0.4, 0.5) is 5.95 Å². The van der Waals surface area contributed by atoms with Crippen LogP contribution in [0.1, 0.15) is 16.4 Å². The van der Waals surface area contributed by atoms with Crippen LogP contribution < -0.4 is 15.5 Å². The predicted octanol–water partition coefficient (Wildman–Crippen LogP) is 1.73. The molecule has 0 saturated carbocycles. The minimum Gasteiger partial charge on any atom is -0.351 e. The monoisotopic (exact) mass is 449 g/mol. The van der Waals surface area contributed by atoms with Crippen molar-refractivity contribution in [2.75, 3.05) is 26.0 Å². The molecule has 0 amide bonds. The number of halogens is 1. The maximum Gasteiger partial charge on any atom is 0.204 e. The van der Waals surface area contributed by atoms with E-state index in [1.54, 1.807) is 18.4 Å². The second-order valence-electron chi connectivity index (χ2n) is 5.16. The first kappa shape index (κ1) is 19.7. The van der Waals surface area contributed by atoms with Crippen LogP contribution >= 0.6 is 35.3 Å². The number of aryl methyl sites for hydroxylation is 1. The van der Waals surface area contributed by atoms with Crippen molar-refractivity contribution in [3.8, 4) is 0 Å². The second kappa shape index (κ2) is 9.06. The number of rotatable bonds is 5. The van der Waals surface area contributed by atoms with Gasteiger partial charge in [-0.15, -0.1) is 35.3 Å². The first-order valence-corrected chi connectivity index (χ1v) is 7.92. The third-order valence-corrected chi connectivity index (χ3v) is 4.16. The highest BCUT2D eigenvalue weighted by molar-refractivity contribution is 14.0. The van der Waals surface area contributed by atoms with Crippen molar-refractivity contribution in [3.63, 3.8) is 0 Å². The molecule has 2 aromatic rings. The van der Waals surface area contributed by atoms with Gasteiger partial charge in [-0.25, -0.2) is 9.97 Å². The van der Waals surface area contributed by atoms with Crippen molar-refractivity contribution in [2.45, 2.75) is 20.0 Å². The molecule has 7 nitrogen and oxygen atoms in total. The Bertz CT molecular complexity index is 647. The Morgan fingerprint density at radius 2 is 2.04 bits per heavy atom. The van der Waals surface area contributed by atoms with Gasteiger partial charge in [0.05, 0.1) is 25.0 Å². The summed E-state index contributed by atoms with van der Waals surface area (Å²) in [6.45, 7) is 3.33. The van der Waals surface area contributed by atoms with Crippen molar-refractivity contribution in [2.24, 2.45) is 12.0 Å². The molecule has 0 unspecified atom stereocenters. The number of nitrogens with zero attached hydrogens (tertiary/aromatic N) is 5. The van der Waals surface area contributed by atoms with Gasteiger partial charge < -0.3 is 20.1 Å². The smallest absolute Gasteiger partial charge is 0.204 e.